The van der Waals surface area contributed by atoms with Gasteiger partial charge in [0.25, 0.3) is 0 Å². The minimum Gasteiger partial charge on any atom is -0.478 e. The number of benzene rings is 1. The molecule has 1 amide bonds. The predicted molar refractivity (Wildman–Crippen MR) is 79.1 cm³/mol. The highest BCUT2D eigenvalue weighted by atomic mass is 19.1. The third-order valence-corrected chi connectivity index (χ3v) is 3.31. The molecule has 0 aromatic heterocycles. The normalized spacial score (nSPS) is 16.5. The third kappa shape index (κ3) is 4.88. The summed E-state index contributed by atoms with van der Waals surface area (Å²) < 4.78 is 31.0. The third-order valence-electron chi connectivity index (χ3n) is 3.31. The van der Waals surface area contributed by atoms with E-state index in [0.29, 0.717) is 0 Å². The lowest BCUT2D eigenvalue weighted by Crippen LogP contribution is -2.31. The summed E-state index contributed by atoms with van der Waals surface area (Å²) in [5.41, 5.74) is 0. The molecule has 3 nitrogen and oxygen atoms in total. The number of amides is 1. The molecule has 0 fully saturated rings. The number of halogens is 2. The van der Waals surface area contributed by atoms with Crippen molar-refractivity contribution in [1.29, 1.82) is 0 Å². The van der Waals surface area contributed by atoms with Crippen LogP contribution in [0.3, 0.4) is 0 Å². The van der Waals surface area contributed by atoms with Gasteiger partial charge < -0.3 is 10.1 Å². The summed E-state index contributed by atoms with van der Waals surface area (Å²) in [6, 6.07) is 3.08. The van der Waals surface area contributed by atoms with E-state index in [-0.39, 0.29) is 30.7 Å². The van der Waals surface area contributed by atoms with E-state index in [1.165, 1.54) is 6.07 Å². The first kappa shape index (κ1) is 16.0. The molecular weight excluding hydrogens is 288 g/mol. The molecule has 1 aromatic carbocycles. The zero-order valence-electron chi connectivity index (χ0n) is 12.1. The van der Waals surface area contributed by atoms with Crippen molar-refractivity contribution in [1.82, 2.24) is 5.32 Å². The average Bonchev–Trinajstić information content (AvgIpc) is 2.53. The SMILES string of the molecule is O=C(NCC#CCOc1ccc(F)cc1F)C1CC=CCC1. The monoisotopic (exact) mass is 305 g/mol. The van der Waals surface area contributed by atoms with Crippen LogP contribution in [-0.2, 0) is 4.79 Å². The zero-order valence-corrected chi connectivity index (χ0v) is 12.1. The van der Waals surface area contributed by atoms with Crippen molar-refractivity contribution in [3.8, 4) is 17.6 Å². The van der Waals surface area contributed by atoms with Gasteiger partial charge in [-0.15, -0.1) is 0 Å². The molecule has 0 aliphatic heterocycles. The summed E-state index contributed by atoms with van der Waals surface area (Å²) in [5.74, 6) is 3.97. The molecule has 1 aliphatic carbocycles. The van der Waals surface area contributed by atoms with Crippen LogP contribution in [0.5, 0.6) is 5.75 Å². The quantitative estimate of drug-likeness (QED) is 0.686. The van der Waals surface area contributed by atoms with Crippen LogP contribution in [0.4, 0.5) is 8.78 Å². The molecule has 1 aliphatic rings. The second kappa shape index (κ2) is 8.18. The zero-order chi connectivity index (χ0) is 15.8. The molecule has 0 saturated heterocycles. The van der Waals surface area contributed by atoms with Crippen molar-refractivity contribution < 1.29 is 18.3 Å². The fourth-order valence-corrected chi connectivity index (χ4v) is 2.13. The summed E-state index contributed by atoms with van der Waals surface area (Å²) in [6.45, 7) is 0.207. The fourth-order valence-electron chi connectivity index (χ4n) is 2.13. The van der Waals surface area contributed by atoms with E-state index in [4.69, 9.17) is 4.74 Å². The first-order valence-electron chi connectivity index (χ1n) is 7.13. The Bertz CT molecular complexity index is 617. The van der Waals surface area contributed by atoms with Crippen LogP contribution >= 0.6 is 0 Å². The van der Waals surface area contributed by atoms with Gasteiger partial charge in [0.15, 0.2) is 11.6 Å². The van der Waals surface area contributed by atoms with E-state index < -0.39 is 11.6 Å². The second-order valence-corrected chi connectivity index (χ2v) is 4.92. The highest BCUT2D eigenvalue weighted by molar-refractivity contribution is 5.79. The van der Waals surface area contributed by atoms with E-state index in [9.17, 15) is 13.6 Å². The van der Waals surface area contributed by atoms with Crippen molar-refractivity contribution in [3.63, 3.8) is 0 Å². The van der Waals surface area contributed by atoms with Crippen molar-refractivity contribution in [2.24, 2.45) is 5.92 Å². The molecule has 116 valence electrons. The number of ether oxygens (including phenoxy) is 1. The van der Waals surface area contributed by atoms with Crippen LogP contribution in [0.15, 0.2) is 30.4 Å². The van der Waals surface area contributed by atoms with Gasteiger partial charge in [-0.2, -0.15) is 0 Å². The number of nitrogens with one attached hydrogen (secondary N) is 1. The van der Waals surface area contributed by atoms with Gasteiger partial charge in [-0.1, -0.05) is 24.0 Å². The standard InChI is InChI=1S/C17H17F2NO2/c18-14-8-9-16(15(19)12-14)22-11-5-4-10-20-17(21)13-6-2-1-3-7-13/h1-2,8-9,12-13H,3,6-7,10-11H2,(H,20,21). The summed E-state index contributed by atoms with van der Waals surface area (Å²) in [6.07, 6.45) is 6.66. The van der Waals surface area contributed by atoms with Crippen LogP contribution in [0.25, 0.3) is 0 Å². The number of carbonyl (C=O) groups is 1. The van der Waals surface area contributed by atoms with E-state index in [1.54, 1.807) is 0 Å². The lowest BCUT2D eigenvalue weighted by Gasteiger charge is -2.16. The lowest BCUT2D eigenvalue weighted by molar-refractivity contribution is -0.124. The molecule has 22 heavy (non-hydrogen) atoms. The van der Waals surface area contributed by atoms with Gasteiger partial charge >= 0.3 is 0 Å². The Labute approximate surface area is 128 Å². The highest BCUT2D eigenvalue weighted by Gasteiger charge is 2.17. The van der Waals surface area contributed by atoms with Gasteiger partial charge in [0.05, 0.1) is 6.54 Å². The molecule has 0 radical (unpaired) electrons. The van der Waals surface area contributed by atoms with Crippen LogP contribution in [0.1, 0.15) is 19.3 Å². The Balaban J connectivity index is 1.68. The average molecular weight is 305 g/mol. The Kier molecular flexibility index (Phi) is 5.96. The van der Waals surface area contributed by atoms with Gasteiger partial charge in [-0.25, -0.2) is 8.78 Å². The smallest absolute Gasteiger partial charge is 0.224 e. The first-order valence-corrected chi connectivity index (χ1v) is 7.13. The van der Waals surface area contributed by atoms with E-state index in [0.717, 1.165) is 31.4 Å². The highest BCUT2D eigenvalue weighted by Crippen LogP contribution is 2.18. The molecule has 1 N–H and O–H groups in total. The number of hydrogen-bond donors (Lipinski definition) is 1. The van der Waals surface area contributed by atoms with Crippen molar-refractivity contribution in [3.05, 3.63) is 42.0 Å². The Morgan fingerprint density at radius 3 is 2.91 bits per heavy atom. The van der Waals surface area contributed by atoms with Crippen LogP contribution < -0.4 is 10.1 Å². The summed E-state index contributed by atoms with van der Waals surface area (Å²) in [5, 5.41) is 2.74. The van der Waals surface area contributed by atoms with Gasteiger partial charge in [0.2, 0.25) is 5.91 Å². The van der Waals surface area contributed by atoms with Crippen molar-refractivity contribution >= 4 is 5.91 Å². The van der Waals surface area contributed by atoms with Gasteiger partial charge in [0.1, 0.15) is 12.4 Å². The largest absolute Gasteiger partial charge is 0.478 e. The maximum Gasteiger partial charge on any atom is 0.224 e. The van der Waals surface area contributed by atoms with Gasteiger partial charge in [0, 0.05) is 12.0 Å². The molecule has 2 rings (SSSR count). The first-order chi connectivity index (χ1) is 10.7. The molecule has 1 atom stereocenters. The minimum absolute atomic E-state index is 0.00384. The summed E-state index contributed by atoms with van der Waals surface area (Å²) >= 11 is 0. The van der Waals surface area contributed by atoms with E-state index >= 15 is 0 Å². The van der Waals surface area contributed by atoms with Crippen LogP contribution in [0, 0.1) is 29.4 Å². The Morgan fingerprint density at radius 2 is 2.18 bits per heavy atom. The van der Waals surface area contributed by atoms with Crippen molar-refractivity contribution in [2.75, 3.05) is 13.2 Å². The summed E-state index contributed by atoms with van der Waals surface area (Å²) in [4.78, 5) is 11.8. The summed E-state index contributed by atoms with van der Waals surface area (Å²) in [7, 11) is 0. The lowest BCUT2D eigenvalue weighted by atomic mass is 9.94. The predicted octanol–water partition coefficient (Wildman–Crippen LogP) is 2.82. The molecule has 0 bridgehead atoms. The minimum atomic E-state index is -0.763. The van der Waals surface area contributed by atoms with E-state index in [2.05, 4.69) is 23.2 Å². The molecule has 0 heterocycles. The maximum absolute atomic E-state index is 13.3. The maximum atomic E-state index is 13.3. The molecule has 1 aromatic rings. The number of carbonyl (C=O) groups excluding carboxylic acids is 1. The Morgan fingerprint density at radius 1 is 1.32 bits per heavy atom. The number of hydrogen-bond acceptors (Lipinski definition) is 2. The topological polar surface area (TPSA) is 38.3 Å². The number of allylic oxidation sites excluding steroid dienone is 2. The van der Waals surface area contributed by atoms with Gasteiger partial charge in [-0.05, 0) is 31.4 Å². The molecule has 5 heteroatoms. The second-order valence-electron chi connectivity index (χ2n) is 4.92. The van der Waals surface area contributed by atoms with Crippen molar-refractivity contribution in [2.45, 2.75) is 19.3 Å². The van der Waals surface area contributed by atoms with Crippen LogP contribution in [-0.4, -0.2) is 19.1 Å². The Hall–Kier alpha value is -2.35. The molecule has 0 saturated carbocycles. The van der Waals surface area contributed by atoms with Gasteiger partial charge in [-0.3, -0.25) is 4.79 Å². The fraction of sp³-hybridized carbons (Fsp3) is 0.353. The molecular formula is C17H17F2NO2. The number of rotatable bonds is 4. The van der Waals surface area contributed by atoms with Crippen LogP contribution in [0.2, 0.25) is 0 Å². The van der Waals surface area contributed by atoms with E-state index in [1.807, 2.05) is 6.08 Å². The molecule has 0 spiro atoms. The molecule has 1 unspecified atom stereocenters.